The van der Waals surface area contributed by atoms with Crippen LogP contribution in [0.25, 0.3) is 0 Å². The molecule has 2 aromatic rings. The maximum absolute atomic E-state index is 10.9. The molecular formula is C25H34N2O2. The highest BCUT2D eigenvalue weighted by Gasteiger charge is 2.26. The van der Waals surface area contributed by atoms with Crippen molar-refractivity contribution in [3.8, 4) is 5.75 Å². The fraction of sp³-hybridized carbons (Fsp3) is 0.480. The molecular weight excluding hydrogens is 360 g/mol. The quantitative estimate of drug-likeness (QED) is 0.692. The highest BCUT2D eigenvalue weighted by Crippen LogP contribution is 2.39. The molecule has 0 bridgehead atoms. The molecule has 1 fully saturated rings. The third-order valence-corrected chi connectivity index (χ3v) is 5.34. The summed E-state index contributed by atoms with van der Waals surface area (Å²) >= 11 is 0. The van der Waals surface area contributed by atoms with E-state index in [1.807, 2.05) is 6.21 Å². The molecule has 0 saturated carbocycles. The average molecular weight is 395 g/mol. The van der Waals surface area contributed by atoms with E-state index < -0.39 is 0 Å². The zero-order valence-corrected chi connectivity index (χ0v) is 18.6. The molecule has 1 N–H and O–H groups in total. The Bertz CT molecular complexity index is 830. The van der Waals surface area contributed by atoms with Crippen LogP contribution in [-0.4, -0.2) is 37.6 Å². The summed E-state index contributed by atoms with van der Waals surface area (Å²) in [6.07, 6.45) is 1.90. The molecule has 0 unspecified atom stereocenters. The number of ether oxygens (including phenoxy) is 1. The van der Waals surface area contributed by atoms with Crippen molar-refractivity contribution in [2.45, 2.75) is 52.4 Å². The molecule has 0 atom stereocenters. The number of benzene rings is 2. The normalized spacial score (nSPS) is 15.9. The number of rotatable bonds is 3. The molecule has 0 aliphatic carbocycles. The van der Waals surface area contributed by atoms with Gasteiger partial charge in [0.1, 0.15) is 5.75 Å². The lowest BCUT2D eigenvalue weighted by Crippen LogP contribution is -2.36. The summed E-state index contributed by atoms with van der Waals surface area (Å²) in [4.78, 5) is 7.02. The van der Waals surface area contributed by atoms with Gasteiger partial charge in [0.15, 0.2) is 0 Å². The zero-order chi connectivity index (χ0) is 21.2. The minimum Gasteiger partial charge on any atom is -0.507 e. The Morgan fingerprint density at radius 2 is 1.41 bits per heavy atom. The SMILES string of the molecule is CC(C)(C)c1cc(C=Nc2ccc(N3CCOCC3)cc2)cc(C(C)(C)C)c1O. The zero-order valence-electron chi connectivity index (χ0n) is 18.6. The number of hydrogen-bond donors (Lipinski definition) is 1. The Labute approximate surface area is 175 Å². The van der Waals surface area contributed by atoms with Crippen molar-refractivity contribution in [1.29, 1.82) is 0 Å². The van der Waals surface area contributed by atoms with E-state index in [1.54, 1.807) is 0 Å². The van der Waals surface area contributed by atoms with Gasteiger partial charge in [0, 0.05) is 36.1 Å². The van der Waals surface area contributed by atoms with Crippen LogP contribution < -0.4 is 4.90 Å². The topological polar surface area (TPSA) is 45.1 Å². The van der Waals surface area contributed by atoms with E-state index in [1.165, 1.54) is 5.69 Å². The molecule has 29 heavy (non-hydrogen) atoms. The molecule has 4 heteroatoms. The Morgan fingerprint density at radius 3 is 1.90 bits per heavy atom. The lowest BCUT2D eigenvalue weighted by molar-refractivity contribution is 0.122. The van der Waals surface area contributed by atoms with Gasteiger partial charge in [-0.05, 0) is 52.8 Å². The van der Waals surface area contributed by atoms with Gasteiger partial charge in [-0.1, -0.05) is 41.5 Å². The van der Waals surface area contributed by atoms with Crippen LogP contribution in [0.5, 0.6) is 5.75 Å². The van der Waals surface area contributed by atoms with Crippen LogP contribution in [0.15, 0.2) is 41.4 Å². The smallest absolute Gasteiger partial charge is 0.123 e. The van der Waals surface area contributed by atoms with Gasteiger partial charge in [0.25, 0.3) is 0 Å². The van der Waals surface area contributed by atoms with Crippen molar-refractivity contribution in [3.05, 3.63) is 53.1 Å². The van der Waals surface area contributed by atoms with Gasteiger partial charge < -0.3 is 14.7 Å². The van der Waals surface area contributed by atoms with Crippen molar-refractivity contribution in [2.75, 3.05) is 31.2 Å². The van der Waals surface area contributed by atoms with E-state index >= 15 is 0 Å². The number of aromatic hydroxyl groups is 1. The first-order valence-electron chi connectivity index (χ1n) is 10.4. The fourth-order valence-electron chi connectivity index (χ4n) is 3.59. The van der Waals surface area contributed by atoms with Crippen LogP contribution in [0, 0.1) is 0 Å². The monoisotopic (exact) mass is 394 g/mol. The first-order valence-corrected chi connectivity index (χ1v) is 10.4. The second kappa shape index (κ2) is 8.19. The molecule has 1 heterocycles. The molecule has 3 rings (SSSR count). The average Bonchev–Trinajstić information content (AvgIpc) is 2.66. The third-order valence-electron chi connectivity index (χ3n) is 5.34. The van der Waals surface area contributed by atoms with Crippen molar-refractivity contribution >= 4 is 17.6 Å². The fourth-order valence-corrected chi connectivity index (χ4v) is 3.59. The second-order valence-electron chi connectivity index (χ2n) is 9.84. The van der Waals surface area contributed by atoms with E-state index in [0.717, 1.165) is 48.7 Å². The van der Waals surface area contributed by atoms with Crippen LogP contribution in [0.1, 0.15) is 58.2 Å². The third kappa shape index (κ3) is 5.18. The number of phenolic OH excluding ortho intramolecular Hbond substituents is 1. The largest absolute Gasteiger partial charge is 0.507 e. The first-order chi connectivity index (χ1) is 13.6. The van der Waals surface area contributed by atoms with E-state index in [4.69, 9.17) is 4.74 Å². The second-order valence-corrected chi connectivity index (χ2v) is 9.84. The lowest BCUT2D eigenvalue weighted by atomic mass is 9.78. The maximum Gasteiger partial charge on any atom is 0.123 e. The molecule has 1 aliphatic heterocycles. The maximum atomic E-state index is 10.9. The molecule has 2 aromatic carbocycles. The van der Waals surface area contributed by atoms with Crippen LogP contribution in [0.4, 0.5) is 11.4 Å². The number of hydrogen-bond acceptors (Lipinski definition) is 4. The van der Waals surface area contributed by atoms with E-state index in [2.05, 4.69) is 87.8 Å². The molecule has 1 saturated heterocycles. The minimum atomic E-state index is -0.145. The van der Waals surface area contributed by atoms with Gasteiger partial charge in [-0.2, -0.15) is 0 Å². The number of nitrogens with zero attached hydrogens (tertiary/aromatic N) is 2. The van der Waals surface area contributed by atoms with Crippen LogP contribution in [-0.2, 0) is 15.6 Å². The van der Waals surface area contributed by atoms with Crippen LogP contribution in [0.2, 0.25) is 0 Å². The molecule has 0 amide bonds. The summed E-state index contributed by atoms with van der Waals surface area (Å²) in [5.74, 6) is 0.400. The Balaban J connectivity index is 1.88. The number of aliphatic imine (C=N–C) groups is 1. The summed E-state index contributed by atoms with van der Waals surface area (Å²) in [5.41, 5.74) is 4.76. The number of phenols is 1. The summed E-state index contributed by atoms with van der Waals surface area (Å²) in [6, 6.07) is 12.5. The molecule has 4 nitrogen and oxygen atoms in total. The summed E-state index contributed by atoms with van der Waals surface area (Å²) in [7, 11) is 0. The van der Waals surface area contributed by atoms with Gasteiger partial charge >= 0.3 is 0 Å². The highest BCUT2D eigenvalue weighted by atomic mass is 16.5. The minimum absolute atomic E-state index is 0.145. The predicted octanol–water partition coefficient (Wildman–Crippen LogP) is 5.57. The van der Waals surface area contributed by atoms with Crippen LogP contribution >= 0.6 is 0 Å². The molecule has 0 aromatic heterocycles. The first kappa shape index (κ1) is 21.4. The molecule has 0 radical (unpaired) electrons. The molecule has 1 aliphatic rings. The lowest BCUT2D eigenvalue weighted by Gasteiger charge is -2.28. The number of anilines is 1. The van der Waals surface area contributed by atoms with E-state index in [9.17, 15) is 5.11 Å². The van der Waals surface area contributed by atoms with Crippen molar-refractivity contribution in [2.24, 2.45) is 4.99 Å². The molecule has 0 spiro atoms. The van der Waals surface area contributed by atoms with Gasteiger partial charge in [-0.25, -0.2) is 0 Å². The highest BCUT2D eigenvalue weighted by molar-refractivity contribution is 5.83. The van der Waals surface area contributed by atoms with Gasteiger partial charge in [0.05, 0.1) is 18.9 Å². The summed E-state index contributed by atoms with van der Waals surface area (Å²) < 4.78 is 5.42. The predicted molar refractivity (Wildman–Crippen MR) is 122 cm³/mol. The van der Waals surface area contributed by atoms with E-state index in [-0.39, 0.29) is 10.8 Å². The van der Waals surface area contributed by atoms with E-state index in [0.29, 0.717) is 5.75 Å². The molecule has 156 valence electrons. The van der Waals surface area contributed by atoms with Gasteiger partial charge in [0.2, 0.25) is 0 Å². The van der Waals surface area contributed by atoms with Gasteiger partial charge in [-0.3, -0.25) is 4.99 Å². The number of morpholine rings is 1. The van der Waals surface area contributed by atoms with Crippen molar-refractivity contribution < 1.29 is 9.84 Å². The Morgan fingerprint density at radius 1 is 0.897 bits per heavy atom. The standard InChI is InChI=1S/C25H34N2O2/c1-24(2,3)21-15-18(16-22(23(21)28)25(4,5)6)17-26-19-7-9-20(10-8-19)27-11-13-29-14-12-27/h7-10,15-17,28H,11-14H2,1-6H3. The van der Waals surface area contributed by atoms with Gasteiger partial charge in [-0.15, -0.1) is 0 Å². The van der Waals surface area contributed by atoms with Crippen LogP contribution in [0.3, 0.4) is 0 Å². The summed E-state index contributed by atoms with van der Waals surface area (Å²) in [6.45, 7) is 16.2. The Hall–Kier alpha value is -2.33. The van der Waals surface area contributed by atoms with Crippen molar-refractivity contribution in [1.82, 2.24) is 0 Å². The summed E-state index contributed by atoms with van der Waals surface area (Å²) in [5, 5.41) is 10.9. The Kier molecular flexibility index (Phi) is 6.04. The van der Waals surface area contributed by atoms with Crippen molar-refractivity contribution in [3.63, 3.8) is 0 Å².